The fraction of sp³-hybridized carbons (Fsp3) is 0.176. The number of carbonyl (C=O) groups excluding carboxylic acids is 2. The van der Waals surface area contributed by atoms with E-state index in [1.807, 2.05) is 13.0 Å². The number of amides is 3. The van der Waals surface area contributed by atoms with Gasteiger partial charge in [-0.2, -0.15) is 0 Å². The highest BCUT2D eigenvalue weighted by molar-refractivity contribution is 6.33. The number of anilines is 1. The van der Waals surface area contributed by atoms with Gasteiger partial charge in [0.15, 0.2) is 0 Å². The maximum absolute atomic E-state index is 12.3. The summed E-state index contributed by atoms with van der Waals surface area (Å²) >= 11 is 12.0. The van der Waals surface area contributed by atoms with Crippen molar-refractivity contribution in [1.82, 2.24) is 5.32 Å². The molecular formula is C17H17Cl2N3O2. The first kappa shape index (κ1) is 18.1. The molecule has 4 N–H and O–H groups in total. The molecule has 126 valence electrons. The van der Waals surface area contributed by atoms with Crippen LogP contribution in [0.1, 0.15) is 23.6 Å². The smallest absolute Gasteiger partial charge is 0.312 e. The van der Waals surface area contributed by atoms with Crippen LogP contribution in [0.4, 0.5) is 10.5 Å². The molecule has 1 atom stereocenters. The molecule has 7 heteroatoms. The predicted molar refractivity (Wildman–Crippen MR) is 96.3 cm³/mol. The van der Waals surface area contributed by atoms with Crippen molar-refractivity contribution in [2.24, 2.45) is 5.73 Å². The summed E-state index contributed by atoms with van der Waals surface area (Å²) in [5.74, 6) is -0.297. The van der Waals surface area contributed by atoms with Gasteiger partial charge in [-0.15, -0.1) is 0 Å². The molecule has 0 fully saturated rings. The molecule has 24 heavy (non-hydrogen) atoms. The summed E-state index contributed by atoms with van der Waals surface area (Å²) in [4.78, 5) is 23.5. The number of benzene rings is 2. The van der Waals surface area contributed by atoms with Crippen LogP contribution in [0.2, 0.25) is 10.0 Å². The van der Waals surface area contributed by atoms with E-state index < -0.39 is 12.1 Å². The van der Waals surface area contributed by atoms with Crippen LogP contribution in [0.5, 0.6) is 0 Å². The Bertz CT molecular complexity index is 748. The first-order valence-electron chi connectivity index (χ1n) is 7.22. The Labute approximate surface area is 150 Å². The summed E-state index contributed by atoms with van der Waals surface area (Å²) < 4.78 is 0. The standard InChI is InChI=1S/C17H17Cl2N3O2/c1-10-2-7-14(13(19)8-10)21-16(23)9-15(22-17(20)24)11-3-5-12(18)6-4-11/h2-8,15H,9H2,1H3,(H,21,23)(H3,20,22,24)/t15-/m1/s1. The molecule has 2 aromatic carbocycles. The molecule has 0 aliphatic heterocycles. The molecule has 2 aromatic rings. The van der Waals surface area contributed by atoms with Crippen LogP contribution in [-0.4, -0.2) is 11.9 Å². The van der Waals surface area contributed by atoms with Crippen LogP contribution in [-0.2, 0) is 4.79 Å². The lowest BCUT2D eigenvalue weighted by Crippen LogP contribution is -2.35. The van der Waals surface area contributed by atoms with Gasteiger partial charge in [-0.3, -0.25) is 4.79 Å². The van der Waals surface area contributed by atoms with Crippen LogP contribution in [0.15, 0.2) is 42.5 Å². The summed E-state index contributed by atoms with van der Waals surface area (Å²) in [5.41, 5.74) is 7.43. The molecule has 0 unspecified atom stereocenters. The van der Waals surface area contributed by atoms with Crippen molar-refractivity contribution in [2.75, 3.05) is 5.32 Å². The number of aryl methyl sites for hydroxylation is 1. The number of hydrogen-bond donors (Lipinski definition) is 3. The quantitative estimate of drug-likeness (QED) is 0.746. The van der Waals surface area contributed by atoms with E-state index in [1.165, 1.54) is 0 Å². The van der Waals surface area contributed by atoms with Crippen LogP contribution in [0.3, 0.4) is 0 Å². The maximum Gasteiger partial charge on any atom is 0.312 e. The molecule has 0 aromatic heterocycles. The summed E-state index contributed by atoms with van der Waals surface area (Å²) in [7, 11) is 0. The molecule has 0 heterocycles. The van der Waals surface area contributed by atoms with E-state index in [-0.39, 0.29) is 12.3 Å². The van der Waals surface area contributed by atoms with Gasteiger partial charge >= 0.3 is 6.03 Å². The molecular weight excluding hydrogens is 349 g/mol. The van der Waals surface area contributed by atoms with E-state index in [4.69, 9.17) is 28.9 Å². The van der Waals surface area contributed by atoms with Crippen molar-refractivity contribution in [3.63, 3.8) is 0 Å². The lowest BCUT2D eigenvalue weighted by Gasteiger charge is -2.18. The van der Waals surface area contributed by atoms with Crippen LogP contribution < -0.4 is 16.4 Å². The fourth-order valence-electron chi connectivity index (χ4n) is 2.23. The van der Waals surface area contributed by atoms with E-state index in [2.05, 4.69) is 10.6 Å². The number of halogens is 2. The van der Waals surface area contributed by atoms with Gasteiger partial charge in [0.05, 0.1) is 23.2 Å². The summed E-state index contributed by atoms with van der Waals surface area (Å²) in [5, 5.41) is 6.31. The second kappa shape index (κ2) is 8.04. The average Bonchev–Trinajstić information content (AvgIpc) is 2.50. The minimum atomic E-state index is -0.712. The first-order chi connectivity index (χ1) is 11.3. The van der Waals surface area contributed by atoms with Crippen molar-refractivity contribution in [3.8, 4) is 0 Å². The number of carbonyl (C=O) groups is 2. The highest BCUT2D eigenvalue weighted by Crippen LogP contribution is 2.24. The second-order valence-corrected chi connectivity index (χ2v) is 6.19. The topological polar surface area (TPSA) is 84.2 Å². The van der Waals surface area contributed by atoms with Gasteiger partial charge in [-0.25, -0.2) is 4.79 Å². The highest BCUT2D eigenvalue weighted by atomic mass is 35.5. The minimum absolute atomic E-state index is 0.00871. The van der Waals surface area contributed by atoms with E-state index in [0.29, 0.717) is 15.7 Å². The molecule has 0 saturated carbocycles. The van der Waals surface area contributed by atoms with E-state index in [9.17, 15) is 9.59 Å². The van der Waals surface area contributed by atoms with Crippen molar-refractivity contribution >= 4 is 40.8 Å². The second-order valence-electron chi connectivity index (χ2n) is 5.35. The molecule has 0 aliphatic carbocycles. The van der Waals surface area contributed by atoms with E-state index >= 15 is 0 Å². The SMILES string of the molecule is Cc1ccc(NC(=O)C[C@@H](NC(N)=O)c2ccc(Cl)cc2)c(Cl)c1. The van der Waals surface area contributed by atoms with Gasteiger partial charge in [0.25, 0.3) is 0 Å². The van der Waals surface area contributed by atoms with Crippen molar-refractivity contribution < 1.29 is 9.59 Å². The summed E-state index contributed by atoms with van der Waals surface area (Å²) in [6.45, 7) is 1.91. The number of rotatable bonds is 5. The first-order valence-corrected chi connectivity index (χ1v) is 7.98. The minimum Gasteiger partial charge on any atom is -0.352 e. The molecule has 0 bridgehead atoms. The Balaban J connectivity index is 2.12. The Kier molecular flexibility index (Phi) is 6.06. The fourth-order valence-corrected chi connectivity index (χ4v) is 2.64. The number of nitrogens with two attached hydrogens (primary N) is 1. The Hall–Kier alpha value is -2.24. The van der Waals surface area contributed by atoms with Crippen LogP contribution in [0.25, 0.3) is 0 Å². The Morgan fingerprint density at radius 3 is 2.38 bits per heavy atom. The van der Waals surface area contributed by atoms with Crippen molar-refractivity contribution in [1.29, 1.82) is 0 Å². The van der Waals surface area contributed by atoms with Crippen molar-refractivity contribution in [3.05, 3.63) is 63.6 Å². The van der Waals surface area contributed by atoms with Gasteiger partial charge < -0.3 is 16.4 Å². The third-order valence-corrected chi connectivity index (χ3v) is 3.94. The van der Waals surface area contributed by atoms with Gasteiger partial charge in [-0.1, -0.05) is 41.4 Å². The summed E-state index contributed by atoms with van der Waals surface area (Å²) in [6.07, 6.45) is 0.00871. The monoisotopic (exact) mass is 365 g/mol. The van der Waals surface area contributed by atoms with Gasteiger partial charge in [0, 0.05) is 5.02 Å². The van der Waals surface area contributed by atoms with Gasteiger partial charge in [0.1, 0.15) is 0 Å². The third kappa shape index (κ3) is 5.15. The number of primary amides is 1. The number of hydrogen-bond acceptors (Lipinski definition) is 2. The molecule has 3 amide bonds. The zero-order valence-electron chi connectivity index (χ0n) is 13.0. The van der Waals surface area contributed by atoms with E-state index in [1.54, 1.807) is 36.4 Å². The van der Waals surface area contributed by atoms with Crippen LogP contribution in [0, 0.1) is 6.92 Å². The molecule has 0 radical (unpaired) electrons. The molecule has 2 rings (SSSR count). The zero-order valence-corrected chi connectivity index (χ0v) is 14.5. The Morgan fingerprint density at radius 2 is 1.79 bits per heavy atom. The Morgan fingerprint density at radius 1 is 1.12 bits per heavy atom. The lowest BCUT2D eigenvalue weighted by atomic mass is 10.0. The van der Waals surface area contributed by atoms with Crippen molar-refractivity contribution in [2.45, 2.75) is 19.4 Å². The number of nitrogens with one attached hydrogen (secondary N) is 2. The molecule has 0 spiro atoms. The molecule has 5 nitrogen and oxygen atoms in total. The van der Waals surface area contributed by atoms with Gasteiger partial charge in [0.2, 0.25) is 5.91 Å². The lowest BCUT2D eigenvalue weighted by molar-refractivity contribution is -0.116. The number of urea groups is 1. The molecule has 0 aliphatic rings. The van der Waals surface area contributed by atoms with Gasteiger partial charge in [-0.05, 0) is 42.3 Å². The highest BCUT2D eigenvalue weighted by Gasteiger charge is 2.18. The third-order valence-electron chi connectivity index (χ3n) is 3.38. The van der Waals surface area contributed by atoms with E-state index in [0.717, 1.165) is 11.1 Å². The predicted octanol–water partition coefficient (Wildman–Crippen LogP) is 4.04. The largest absolute Gasteiger partial charge is 0.352 e. The summed E-state index contributed by atoms with van der Waals surface area (Å²) in [6, 6.07) is 10.9. The van der Waals surface area contributed by atoms with Crippen LogP contribution >= 0.6 is 23.2 Å². The maximum atomic E-state index is 12.3. The average molecular weight is 366 g/mol. The normalized spacial score (nSPS) is 11.6. The zero-order chi connectivity index (χ0) is 17.7. The molecule has 0 saturated heterocycles.